The molecule has 2 rings (SSSR count). The molecule has 3 N–H and O–H groups in total. The molecule has 0 bridgehead atoms. The van der Waals surface area contributed by atoms with E-state index in [0.29, 0.717) is 11.4 Å². The highest BCUT2D eigenvalue weighted by atomic mass is 32.2. The van der Waals surface area contributed by atoms with E-state index < -0.39 is 11.4 Å². The predicted octanol–water partition coefficient (Wildman–Crippen LogP) is 4.30. The maximum absolute atomic E-state index is 12.3. The van der Waals surface area contributed by atoms with Crippen molar-refractivity contribution >= 4 is 35.1 Å². The molecule has 0 radical (unpaired) electrons. The summed E-state index contributed by atoms with van der Waals surface area (Å²) >= 11 is -0.238. The molecular formula is C16H14F3N3O2S. The van der Waals surface area contributed by atoms with Crippen LogP contribution in [0.25, 0.3) is 0 Å². The molecule has 132 valence electrons. The van der Waals surface area contributed by atoms with E-state index in [0.717, 1.165) is 0 Å². The second-order valence-electron chi connectivity index (χ2n) is 4.81. The molecule has 0 saturated carbocycles. The number of rotatable bonds is 4. The van der Waals surface area contributed by atoms with Gasteiger partial charge in [-0.25, -0.2) is 4.79 Å². The van der Waals surface area contributed by atoms with Crippen LogP contribution in [-0.2, 0) is 0 Å². The third-order valence-electron chi connectivity index (χ3n) is 2.98. The molecule has 0 atom stereocenters. The van der Waals surface area contributed by atoms with Crippen molar-refractivity contribution in [2.24, 2.45) is 0 Å². The van der Waals surface area contributed by atoms with Crippen LogP contribution in [0.2, 0.25) is 0 Å². The summed E-state index contributed by atoms with van der Waals surface area (Å²) in [6.07, 6.45) is 0. The van der Waals surface area contributed by atoms with Crippen molar-refractivity contribution in [2.45, 2.75) is 10.4 Å². The van der Waals surface area contributed by atoms with Crippen LogP contribution in [0.3, 0.4) is 0 Å². The fourth-order valence-corrected chi connectivity index (χ4v) is 2.38. The molecule has 0 aliphatic rings. The molecule has 25 heavy (non-hydrogen) atoms. The van der Waals surface area contributed by atoms with Crippen LogP contribution < -0.4 is 16.0 Å². The van der Waals surface area contributed by atoms with Crippen LogP contribution in [0.5, 0.6) is 0 Å². The van der Waals surface area contributed by atoms with Gasteiger partial charge in [-0.1, -0.05) is 0 Å². The fraction of sp³-hybridized carbons (Fsp3) is 0.125. The van der Waals surface area contributed by atoms with Crippen LogP contribution in [0, 0.1) is 0 Å². The average molecular weight is 369 g/mol. The third kappa shape index (κ3) is 6.03. The molecule has 0 spiro atoms. The van der Waals surface area contributed by atoms with E-state index in [1.54, 1.807) is 24.3 Å². The van der Waals surface area contributed by atoms with Crippen LogP contribution >= 0.6 is 11.8 Å². The Morgan fingerprint density at radius 3 is 1.88 bits per heavy atom. The Labute approximate surface area is 146 Å². The van der Waals surface area contributed by atoms with Crippen molar-refractivity contribution in [3.8, 4) is 0 Å². The normalized spacial score (nSPS) is 10.9. The minimum atomic E-state index is -4.37. The molecule has 9 heteroatoms. The number of urea groups is 1. The summed E-state index contributed by atoms with van der Waals surface area (Å²) in [5.41, 5.74) is -3.10. The molecule has 5 nitrogen and oxygen atoms in total. The number of benzene rings is 2. The fourth-order valence-electron chi connectivity index (χ4n) is 1.84. The summed E-state index contributed by atoms with van der Waals surface area (Å²) in [6.45, 7) is 0. The summed E-state index contributed by atoms with van der Waals surface area (Å²) in [4.78, 5) is 23.3. The Morgan fingerprint density at radius 2 is 1.40 bits per heavy atom. The van der Waals surface area contributed by atoms with Crippen molar-refractivity contribution in [1.82, 2.24) is 5.32 Å². The van der Waals surface area contributed by atoms with E-state index in [-0.39, 0.29) is 28.3 Å². The highest BCUT2D eigenvalue weighted by Gasteiger charge is 2.29. The molecule has 0 heterocycles. The monoisotopic (exact) mass is 369 g/mol. The SMILES string of the molecule is CNC(=O)Nc1ccc(NC(=O)c2ccc(SC(F)(F)F)cc2)cc1. The summed E-state index contributed by atoms with van der Waals surface area (Å²) < 4.78 is 36.8. The average Bonchev–Trinajstić information content (AvgIpc) is 2.55. The van der Waals surface area contributed by atoms with E-state index in [1.807, 2.05) is 0 Å². The number of thioether (sulfide) groups is 1. The largest absolute Gasteiger partial charge is 0.446 e. The molecule has 0 fully saturated rings. The standard InChI is InChI=1S/C16H14F3N3O2S/c1-20-15(24)22-12-6-4-11(5-7-12)21-14(23)10-2-8-13(9-3-10)25-16(17,18)19/h2-9H,1H3,(H,21,23)(H2,20,22,24). The predicted molar refractivity (Wildman–Crippen MR) is 90.8 cm³/mol. The van der Waals surface area contributed by atoms with Gasteiger partial charge in [0.15, 0.2) is 0 Å². The second kappa shape index (κ2) is 7.93. The minimum absolute atomic E-state index is 0.00804. The van der Waals surface area contributed by atoms with Gasteiger partial charge >= 0.3 is 11.5 Å². The number of hydrogen-bond donors (Lipinski definition) is 3. The van der Waals surface area contributed by atoms with Gasteiger partial charge < -0.3 is 16.0 Å². The van der Waals surface area contributed by atoms with Gasteiger partial charge in [0.2, 0.25) is 0 Å². The number of hydrogen-bond acceptors (Lipinski definition) is 3. The Bertz CT molecular complexity index is 747. The quantitative estimate of drug-likeness (QED) is 0.704. The van der Waals surface area contributed by atoms with Gasteiger partial charge in [0.1, 0.15) is 0 Å². The van der Waals surface area contributed by atoms with Crippen LogP contribution in [0.4, 0.5) is 29.3 Å². The first-order chi connectivity index (χ1) is 11.8. The van der Waals surface area contributed by atoms with Crippen LogP contribution in [0.15, 0.2) is 53.4 Å². The first-order valence-corrected chi connectivity index (χ1v) is 7.84. The van der Waals surface area contributed by atoms with Crippen molar-refractivity contribution in [1.29, 1.82) is 0 Å². The van der Waals surface area contributed by atoms with Gasteiger partial charge in [0.05, 0.1) is 0 Å². The van der Waals surface area contributed by atoms with E-state index in [4.69, 9.17) is 0 Å². The zero-order chi connectivity index (χ0) is 18.4. The summed E-state index contributed by atoms with van der Waals surface area (Å²) in [7, 11) is 1.49. The van der Waals surface area contributed by atoms with Gasteiger partial charge in [-0.05, 0) is 60.3 Å². The maximum Gasteiger partial charge on any atom is 0.446 e. The number of alkyl halides is 3. The number of carbonyl (C=O) groups is 2. The van der Waals surface area contributed by atoms with Crippen LogP contribution in [0.1, 0.15) is 10.4 Å². The molecule has 0 unspecified atom stereocenters. The smallest absolute Gasteiger partial charge is 0.341 e. The number of halogens is 3. The molecule has 0 saturated heterocycles. The van der Waals surface area contributed by atoms with E-state index in [1.165, 1.54) is 31.3 Å². The molecule has 0 aromatic heterocycles. The lowest BCUT2D eigenvalue weighted by Crippen LogP contribution is -2.24. The zero-order valence-corrected chi connectivity index (χ0v) is 13.8. The molecule has 2 aromatic rings. The molecule has 2 aromatic carbocycles. The van der Waals surface area contributed by atoms with Gasteiger partial charge in [0.25, 0.3) is 5.91 Å². The van der Waals surface area contributed by atoms with Crippen molar-refractivity contribution in [2.75, 3.05) is 17.7 Å². The lowest BCUT2D eigenvalue weighted by molar-refractivity contribution is -0.0328. The van der Waals surface area contributed by atoms with Crippen LogP contribution in [-0.4, -0.2) is 24.5 Å². The Morgan fingerprint density at radius 1 is 0.880 bits per heavy atom. The highest BCUT2D eigenvalue weighted by molar-refractivity contribution is 8.00. The first-order valence-electron chi connectivity index (χ1n) is 7.03. The zero-order valence-electron chi connectivity index (χ0n) is 13.0. The van der Waals surface area contributed by atoms with Gasteiger partial charge in [-0.3, -0.25) is 4.79 Å². The van der Waals surface area contributed by atoms with Crippen molar-refractivity contribution < 1.29 is 22.8 Å². The first kappa shape index (κ1) is 18.7. The van der Waals surface area contributed by atoms with E-state index >= 15 is 0 Å². The second-order valence-corrected chi connectivity index (χ2v) is 5.95. The number of nitrogens with one attached hydrogen (secondary N) is 3. The number of anilines is 2. The Hall–Kier alpha value is -2.68. The number of carbonyl (C=O) groups excluding carboxylic acids is 2. The van der Waals surface area contributed by atoms with Crippen molar-refractivity contribution in [3.63, 3.8) is 0 Å². The molecule has 0 aliphatic carbocycles. The minimum Gasteiger partial charge on any atom is -0.341 e. The third-order valence-corrected chi connectivity index (χ3v) is 3.72. The summed E-state index contributed by atoms with van der Waals surface area (Å²) in [5, 5.41) is 7.60. The van der Waals surface area contributed by atoms with Gasteiger partial charge in [0, 0.05) is 28.9 Å². The highest BCUT2D eigenvalue weighted by Crippen LogP contribution is 2.36. The summed E-state index contributed by atoms with van der Waals surface area (Å²) in [5.74, 6) is -0.449. The number of amides is 3. The summed E-state index contributed by atoms with van der Waals surface area (Å²) in [6, 6.07) is 11.2. The van der Waals surface area contributed by atoms with Crippen molar-refractivity contribution in [3.05, 3.63) is 54.1 Å². The Balaban J connectivity index is 1.98. The maximum atomic E-state index is 12.3. The Kier molecular flexibility index (Phi) is 5.92. The van der Waals surface area contributed by atoms with Gasteiger partial charge in [-0.2, -0.15) is 13.2 Å². The van der Waals surface area contributed by atoms with E-state index in [2.05, 4.69) is 16.0 Å². The lowest BCUT2D eigenvalue weighted by atomic mass is 10.2. The molecular weight excluding hydrogens is 355 g/mol. The lowest BCUT2D eigenvalue weighted by Gasteiger charge is -2.09. The van der Waals surface area contributed by atoms with E-state index in [9.17, 15) is 22.8 Å². The topological polar surface area (TPSA) is 70.2 Å². The molecule has 3 amide bonds. The van der Waals surface area contributed by atoms with Gasteiger partial charge in [-0.15, -0.1) is 0 Å². The molecule has 0 aliphatic heterocycles.